The van der Waals surface area contributed by atoms with Gasteiger partial charge in [0.05, 0.1) is 17.1 Å². The Kier molecular flexibility index (Phi) is 4.62. The number of rotatable bonds is 5. The van der Waals surface area contributed by atoms with E-state index in [9.17, 15) is 9.59 Å². The number of thiazole rings is 1. The lowest BCUT2D eigenvalue weighted by Gasteiger charge is -2.16. The van der Waals surface area contributed by atoms with Crippen LogP contribution < -0.4 is 5.32 Å². The smallest absolute Gasteiger partial charge is 0.308 e. The number of aliphatic carboxylic acids is 1. The molecule has 94 valence electrons. The molecule has 1 amide bonds. The molecule has 0 aliphatic rings. The maximum atomic E-state index is 11.7. The summed E-state index contributed by atoms with van der Waals surface area (Å²) in [6.45, 7) is 5.60. The Bertz CT molecular complexity index is 415. The van der Waals surface area contributed by atoms with Gasteiger partial charge in [-0.15, -0.1) is 11.3 Å². The number of amides is 1. The molecule has 1 aromatic rings. The van der Waals surface area contributed by atoms with Crippen LogP contribution in [0.25, 0.3) is 0 Å². The molecule has 0 bridgehead atoms. The molecule has 2 N–H and O–H groups in total. The standard InChI is InChI=1S/C11H16N2O3S/c1-6(2)8(11(15)16)4-13-10(14)9-5-12-7(3)17-9/h5-6,8H,4H2,1-3H3,(H,13,14)(H,15,16). The fourth-order valence-corrected chi connectivity index (χ4v) is 2.06. The zero-order chi connectivity index (χ0) is 13.0. The van der Waals surface area contributed by atoms with Crippen molar-refractivity contribution in [2.24, 2.45) is 11.8 Å². The van der Waals surface area contributed by atoms with Gasteiger partial charge in [-0.05, 0) is 12.8 Å². The molecule has 1 heterocycles. The van der Waals surface area contributed by atoms with Gasteiger partial charge in [0, 0.05) is 6.54 Å². The van der Waals surface area contributed by atoms with Gasteiger partial charge >= 0.3 is 5.97 Å². The van der Waals surface area contributed by atoms with Crippen LogP contribution in [0.1, 0.15) is 28.5 Å². The van der Waals surface area contributed by atoms with Crippen LogP contribution in [0.3, 0.4) is 0 Å². The van der Waals surface area contributed by atoms with Gasteiger partial charge in [-0.1, -0.05) is 13.8 Å². The van der Waals surface area contributed by atoms with Crippen molar-refractivity contribution in [2.45, 2.75) is 20.8 Å². The monoisotopic (exact) mass is 256 g/mol. The summed E-state index contributed by atoms with van der Waals surface area (Å²) in [7, 11) is 0. The number of carboxylic acid groups (broad SMARTS) is 1. The van der Waals surface area contributed by atoms with E-state index in [2.05, 4.69) is 10.3 Å². The van der Waals surface area contributed by atoms with E-state index in [1.165, 1.54) is 17.5 Å². The number of hydrogen-bond donors (Lipinski definition) is 2. The molecular formula is C11H16N2O3S. The van der Waals surface area contributed by atoms with Gasteiger partial charge in [-0.2, -0.15) is 0 Å². The minimum absolute atomic E-state index is 0.0176. The highest BCUT2D eigenvalue weighted by Gasteiger charge is 2.22. The van der Waals surface area contributed by atoms with Crippen LogP contribution in [0.2, 0.25) is 0 Å². The Morgan fingerprint density at radius 2 is 2.18 bits per heavy atom. The number of carboxylic acids is 1. The van der Waals surface area contributed by atoms with Crippen LogP contribution in [0.4, 0.5) is 0 Å². The lowest BCUT2D eigenvalue weighted by Crippen LogP contribution is -2.35. The molecule has 1 aromatic heterocycles. The van der Waals surface area contributed by atoms with Crippen LogP contribution >= 0.6 is 11.3 Å². The molecule has 0 radical (unpaired) electrons. The second-order valence-corrected chi connectivity index (χ2v) is 5.38. The third-order valence-electron chi connectivity index (χ3n) is 2.45. The summed E-state index contributed by atoms with van der Waals surface area (Å²) in [5.74, 6) is -1.73. The van der Waals surface area contributed by atoms with Crippen LogP contribution in [0.15, 0.2) is 6.20 Å². The van der Waals surface area contributed by atoms with E-state index in [0.29, 0.717) is 4.88 Å². The average Bonchev–Trinajstić information content (AvgIpc) is 2.63. The number of nitrogens with one attached hydrogen (secondary N) is 1. The second kappa shape index (κ2) is 5.77. The van der Waals surface area contributed by atoms with E-state index in [1.807, 2.05) is 20.8 Å². The zero-order valence-corrected chi connectivity index (χ0v) is 10.9. The number of hydrogen-bond acceptors (Lipinski definition) is 4. The summed E-state index contributed by atoms with van der Waals surface area (Å²) < 4.78 is 0. The SMILES string of the molecule is Cc1ncc(C(=O)NCC(C(=O)O)C(C)C)s1. The van der Waals surface area contributed by atoms with Crippen molar-refractivity contribution in [2.75, 3.05) is 6.54 Å². The van der Waals surface area contributed by atoms with Gasteiger partial charge in [-0.25, -0.2) is 4.98 Å². The number of aromatic nitrogens is 1. The molecule has 17 heavy (non-hydrogen) atoms. The molecule has 0 saturated carbocycles. The first-order chi connectivity index (χ1) is 7.91. The molecule has 1 atom stereocenters. The molecule has 6 heteroatoms. The molecule has 0 aromatic carbocycles. The largest absolute Gasteiger partial charge is 0.481 e. The lowest BCUT2D eigenvalue weighted by atomic mass is 9.96. The Labute approximate surface area is 104 Å². The number of carbonyl (C=O) groups is 2. The highest BCUT2D eigenvalue weighted by Crippen LogP contribution is 2.13. The zero-order valence-electron chi connectivity index (χ0n) is 10.1. The van der Waals surface area contributed by atoms with Gasteiger partial charge in [0.25, 0.3) is 5.91 Å². The first-order valence-corrected chi connectivity index (χ1v) is 6.17. The highest BCUT2D eigenvalue weighted by molar-refractivity contribution is 7.13. The van der Waals surface area contributed by atoms with Crippen LogP contribution in [0, 0.1) is 18.8 Å². The van der Waals surface area contributed by atoms with Crippen molar-refractivity contribution in [3.05, 3.63) is 16.1 Å². The molecule has 1 rings (SSSR count). The molecule has 5 nitrogen and oxygen atoms in total. The first-order valence-electron chi connectivity index (χ1n) is 5.35. The Hall–Kier alpha value is -1.43. The van der Waals surface area contributed by atoms with Crippen molar-refractivity contribution in [1.82, 2.24) is 10.3 Å². The normalized spacial score (nSPS) is 12.5. The molecular weight excluding hydrogens is 240 g/mol. The molecule has 0 aliphatic heterocycles. The Morgan fingerprint density at radius 3 is 2.59 bits per heavy atom. The van der Waals surface area contributed by atoms with Crippen molar-refractivity contribution in [3.63, 3.8) is 0 Å². The van der Waals surface area contributed by atoms with Crippen molar-refractivity contribution >= 4 is 23.2 Å². The van der Waals surface area contributed by atoms with Gasteiger partial charge in [0.2, 0.25) is 0 Å². The van der Waals surface area contributed by atoms with Gasteiger partial charge in [-0.3, -0.25) is 9.59 Å². The quantitative estimate of drug-likeness (QED) is 0.837. The van der Waals surface area contributed by atoms with E-state index in [0.717, 1.165) is 5.01 Å². The molecule has 0 aliphatic carbocycles. The van der Waals surface area contributed by atoms with Crippen molar-refractivity contribution in [3.8, 4) is 0 Å². The van der Waals surface area contributed by atoms with E-state index in [4.69, 9.17) is 5.11 Å². The number of nitrogens with zero attached hydrogens (tertiary/aromatic N) is 1. The molecule has 0 saturated heterocycles. The number of aryl methyl sites for hydroxylation is 1. The summed E-state index contributed by atoms with van der Waals surface area (Å²) in [4.78, 5) is 27.1. The lowest BCUT2D eigenvalue weighted by molar-refractivity contribution is -0.142. The fraction of sp³-hybridized carbons (Fsp3) is 0.545. The van der Waals surface area contributed by atoms with E-state index in [1.54, 1.807) is 0 Å². The second-order valence-electron chi connectivity index (χ2n) is 4.14. The van der Waals surface area contributed by atoms with Gasteiger partial charge in [0.1, 0.15) is 4.88 Å². The fourth-order valence-electron chi connectivity index (χ4n) is 1.36. The molecule has 0 fully saturated rings. The highest BCUT2D eigenvalue weighted by atomic mass is 32.1. The van der Waals surface area contributed by atoms with Crippen LogP contribution in [-0.2, 0) is 4.79 Å². The maximum absolute atomic E-state index is 11.7. The predicted molar refractivity (Wildman–Crippen MR) is 65.1 cm³/mol. The minimum atomic E-state index is -0.888. The first kappa shape index (κ1) is 13.6. The third-order valence-corrected chi connectivity index (χ3v) is 3.36. The predicted octanol–water partition coefficient (Wildman–Crippen LogP) is 1.54. The van der Waals surface area contributed by atoms with E-state index >= 15 is 0 Å². The van der Waals surface area contributed by atoms with Gasteiger partial charge < -0.3 is 10.4 Å². The summed E-state index contributed by atoms with van der Waals surface area (Å²) in [5.41, 5.74) is 0. The Balaban J connectivity index is 2.55. The van der Waals surface area contributed by atoms with E-state index in [-0.39, 0.29) is 18.4 Å². The van der Waals surface area contributed by atoms with Crippen molar-refractivity contribution in [1.29, 1.82) is 0 Å². The van der Waals surface area contributed by atoms with Gasteiger partial charge in [0.15, 0.2) is 0 Å². The summed E-state index contributed by atoms with van der Waals surface area (Å²) in [5, 5.41) is 12.4. The maximum Gasteiger partial charge on any atom is 0.308 e. The summed E-state index contributed by atoms with van der Waals surface area (Å²) in [6, 6.07) is 0. The van der Waals surface area contributed by atoms with Crippen LogP contribution in [0.5, 0.6) is 0 Å². The third kappa shape index (κ3) is 3.81. The average molecular weight is 256 g/mol. The van der Waals surface area contributed by atoms with Crippen LogP contribution in [-0.4, -0.2) is 28.5 Å². The van der Waals surface area contributed by atoms with E-state index < -0.39 is 11.9 Å². The summed E-state index contributed by atoms with van der Waals surface area (Å²) >= 11 is 1.29. The Morgan fingerprint density at radius 1 is 1.53 bits per heavy atom. The van der Waals surface area contributed by atoms with Crippen molar-refractivity contribution < 1.29 is 14.7 Å². The summed E-state index contributed by atoms with van der Waals surface area (Å²) in [6.07, 6.45) is 1.50. The molecule has 0 spiro atoms. The topological polar surface area (TPSA) is 79.3 Å². The minimum Gasteiger partial charge on any atom is -0.481 e. The number of carbonyl (C=O) groups excluding carboxylic acids is 1. The molecule has 1 unspecified atom stereocenters.